The van der Waals surface area contributed by atoms with Crippen LogP contribution in [0, 0.1) is 6.92 Å². The summed E-state index contributed by atoms with van der Waals surface area (Å²) in [4.78, 5) is 33.1. The lowest BCUT2D eigenvalue weighted by Crippen LogP contribution is -2.05. The molecule has 1 aromatic heterocycles. The lowest BCUT2D eigenvalue weighted by atomic mass is 10.1. The Kier molecular flexibility index (Phi) is 6.97. The van der Waals surface area contributed by atoms with Crippen LogP contribution in [-0.2, 0) is 9.47 Å². The molecule has 3 aromatic rings. The number of aryl methyl sites for hydroxylation is 1. The second-order valence-corrected chi connectivity index (χ2v) is 6.61. The summed E-state index contributed by atoms with van der Waals surface area (Å²) < 4.78 is 15.5. The highest BCUT2D eigenvalue weighted by Crippen LogP contribution is 2.31. The van der Waals surface area contributed by atoms with E-state index in [2.05, 4.69) is 4.98 Å². The van der Waals surface area contributed by atoms with Gasteiger partial charge in [0.05, 0.1) is 42.8 Å². The van der Waals surface area contributed by atoms with Crippen molar-refractivity contribution in [2.75, 3.05) is 20.3 Å². The van der Waals surface area contributed by atoms with E-state index in [1.165, 1.54) is 7.11 Å². The van der Waals surface area contributed by atoms with E-state index in [0.29, 0.717) is 47.3 Å². The van der Waals surface area contributed by atoms with Crippen molar-refractivity contribution in [3.05, 3.63) is 65.4 Å². The Morgan fingerprint density at radius 2 is 1.19 bits per heavy atom. The van der Waals surface area contributed by atoms with Crippen LogP contribution in [-0.4, -0.2) is 42.2 Å². The molecule has 0 amide bonds. The second-order valence-electron chi connectivity index (χ2n) is 6.61. The third-order valence-electron chi connectivity index (χ3n) is 4.57. The van der Waals surface area contributed by atoms with Crippen molar-refractivity contribution in [3.8, 4) is 28.4 Å². The van der Waals surface area contributed by atoms with Crippen LogP contribution < -0.4 is 4.74 Å². The zero-order valence-corrected chi connectivity index (χ0v) is 18.0. The molecule has 0 N–H and O–H groups in total. The van der Waals surface area contributed by atoms with Gasteiger partial charge in [-0.1, -0.05) is 24.3 Å². The first-order valence-corrected chi connectivity index (χ1v) is 9.96. The molecule has 0 spiro atoms. The summed E-state index contributed by atoms with van der Waals surface area (Å²) in [5, 5.41) is 0. The monoisotopic (exact) mass is 420 g/mol. The van der Waals surface area contributed by atoms with E-state index in [-0.39, 0.29) is 11.9 Å². The molecule has 0 atom stereocenters. The lowest BCUT2D eigenvalue weighted by Gasteiger charge is -2.12. The third kappa shape index (κ3) is 4.88. The first kappa shape index (κ1) is 22.0. The van der Waals surface area contributed by atoms with Gasteiger partial charge in [-0.3, -0.25) is 0 Å². The number of carbonyl (C=O) groups is 2. The highest BCUT2D eigenvalue weighted by molar-refractivity contribution is 5.90. The Balaban J connectivity index is 1.93. The van der Waals surface area contributed by atoms with Gasteiger partial charge in [0.2, 0.25) is 5.88 Å². The van der Waals surface area contributed by atoms with Gasteiger partial charge in [0, 0.05) is 11.1 Å². The smallest absolute Gasteiger partial charge is 0.338 e. The molecule has 7 nitrogen and oxygen atoms in total. The average Bonchev–Trinajstić information content (AvgIpc) is 2.79. The zero-order valence-electron chi connectivity index (χ0n) is 18.0. The van der Waals surface area contributed by atoms with E-state index in [9.17, 15) is 9.59 Å². The average molecular weight is 420 g/mol. The molecule has 160 valence electrons. The predicted molar refractivity (Wildman–Crippen MR) is 116 cm³/mol. The highest BCUT2D eigenvalue weighted by Gasteiger charge is 2.16. The Hall–Kier alpha value is -3.74. The summed E-state index contributed by atoms with van der Waals surface area (Å²) >= 11 is 0. The molecule has 0 aliphatic carbocycles. The summed E-state index contributed by atoms with van der Waals surface area (Å²) in [6, 6.07) is 13.9. The third-order valence-corrected chi connectivity index (χ3v) is 4.57. The van der Waals surface area contributed by atoms with Crippen molar-refractivity contribution in [1.82, 2.24) is 9.97 Å². The Morgan fingerprint density at radius 1 is 0.742 bits per heavy atom. The van der Waals surface area contributed by atoms with Crippen molar-refractivity contribution < 1.29 is 23.8 Å². The summed E-state index contributed by atoms with van der Waals surface area (Å²) in [5.74, 6) is -0.375. The van der Waals surface area contributed by atoms with Crippen LogP contribution in [0.25, 0.3) is 22.5 Å². The maximum absolute atomic E-state index is 11.9. The van der Waals surface area contributed by atoms with E-state index in [0.717, 1.165) is 11.1 Å². The number of hydrogen-bond acceptors (Lipinski definition) is 7. The summed E-state index contributed by atoms with van der Waals surface area (Å²) in [6.07, 6.45) is 0. The minimum absolute atomic E-state index is 0.321. The van der Waals surface area contributed by atoms with E-state index < -0.39 is 0 Å². The number of benzene rings is 2. The van der Waals surface area contributed by atoms with Crippen molar-refractivity contribution in [2.24, 2.45) is 0 Å². The van der Waals surface area contributed by atoms with Crippen LogP contribution in [0.2, 0.25) is 0 Å². The maximum Gasteiger partial charge on any atom is 0.338 e. The zero-order chi connectivity index (χ0) is 22.4. The maximum atomic E-state index is 11.9. The molecule has 0 saturated carbocycles. The van der Waals surface area contributed by atoms with Crippen LogP contribution >= 0.6 is 0 Å². The van der Waals surface area contributed by atoms with Gasteiger partial charge in [-0.05, 0) is 45.0 Å². The number of hydrogen-bond donors (Lipinski definition) is 0. The molecule has 0 aliphatic rings. The Morgan fingerprint density at radius 3 is 1.61 bits per heavy atom. The molecular formula is C24H24N2O5. The first-order valence-electron chi connectivity index (χ1n) is 9.96. The van der Waals surface area contributed by atoms with Gasteiger partial charge >= 0.3 is 11.9 Å². The molecule has 0 fully saturated rings. The summed E-state index contributed by atoms with van der Waals surface area (Å²) in [5.41, 5.74) is 4.44. The SMILES string of the molecule is CCOC(=O)c1ccc(-c2nc(OC)c(-c3ccc(C(=O)OCC)cc3)nc2C)cc1. The van der Waals surface area contributed by atoms with Gasteiger partial charge in [0.1, 0.15) is 5.69 Å². The summed E-state index contributed by atoms with van der Waals surface area (Å²) in [6.45, 7) is 6.04. The Bertz CT molecular complexity index is 1080. The van der Waals surface area contributed by atoms with Gasteiger partial charge in [-0.2, -0.15) is 0 Å². The quantitative estimate of drug-likeness (QED) is 0.521. The topological polar surface area (TPSA) is 87.6 Å². The second kappa shape index (κ2) is 9.84. The van der Waals surface area contributed by atoms with Gasteiger partial charge in [-0.15, -0.1) is 0 Å². The van der Waals surface area contributed by atoms with Crippen LogP contribution in [0.5, 0.6) is 5.88 Å². The minimum atomic E-state index is -0.370. The van der Waals surface area contributed by atoms with Crippen molar-refractivity contribution in [2.45, 2.75) is 20.8 Å². The van der Waals surface area contributed by atoms with Gasteiger partial charge in [-0.25, -0.2) is 19.6 Å². The van der Waals surface area contributed by atoms with Crippen LogP contribution in [0.4, 0.5) is 0 Å². The minimum Gasteiger partial charge on any atom is -0.479 e. The summed E-state index contributed by atoms with van der Waals surface area (Å²) in [7, 11) is 1.53. The highest BCUT2D eigenvalue weighted by atomic mass is 16.5. The van der Waals surface area contributed by atoms with Gasteiger partial charge in [0.25, 0.3) is 0 Å². The van der Waals surface area contributed by atoms with Crippen LogP contribution in [0.3, 0.4) is 0 Å². The van der Waals surface area contributed by atoms with Crippen LogP contribution in [0.15, 0.2) is 48.5 Å². The number of rotatable bonds is 7. The molecule has 3 rings (SSSR count). The molecule has 0 radical (unpaired) electrons. The van der Waals surface area contributed by atoms with E-state index in [4.69, 9.17) is 19.2 Å². The normalized spacial score (nSPS) is 10.5. The molecule has 7 heteroatoms. The van der Waals surface area contributed by atoms with E-state index >= 15 is 0 Å². The first-order chi connectivity index (χ1) is 15.0. The molecule has 0 aliphatic heterocycles. The molecule has 0 bridgehead atoms. The number of carbonyl (C=O) groups excluding carboxylic acids is 2. The lowest BCUT2D eigenvalue weighted by molar-refractivity contribution is 0.0517. The van der Waals surface area contributed by atoms with E-state index in [1.807, 2.05) is 6.92 Å². The number of esters is 2. The molecule has 31 heavy (non-hydrogen) atoms. The van der Waals surface area contributed by atoms with E-state index in [1.54, 1.807) is 62.4 Å². The molecule has 0 saturated heterocycles. The standard InChI is InChI=1S/C24H24N2O5/c1-5-30-23(27)18-11-7-16(8-12-18)20-15(3)25-21(22(26-20)29-4)17-9-13-19(14-10-17)24(28)31-6-2/h7-14H,5-6H2,1-4H3. The fourth-order valence-corrected chi connectivity index (χ4v) is 3.06. The molecule has 2 aromatic carbocycles. The molecule has 0 unspecified atom stereocenters. The van der Waals surface area contributed by atoms with Gasteiger partial charge < -0.3 is 14.2 Å². The fraction of sp³-hybridized carbons (Fsp3) is 0.250. The van der Waals surface area contributed by atoms with Crippen LogP contribution in [0.1, 0.15) is 40.3 Å². The van der Waals surface area contributed by atoms with Crippen molar-refractivity contribution in [1.29, 1.82) is 0 Å². The number of methoxy groups -OCH3 is 1. The number of nitrogens with zero attached hydrogens (tertiary/aromatic N) is 2. The van der Waals surface area contributed by atoms with Gasteiger partial charge in [0.15, 0.2) is 0 Å². The van der Waals surface area contributed by atoms with Crippen molar-refractivity contribution in [3.63, 3.8) is 0 Å². The Labute approximate surface area is 181 Å². The molecule has 1 heterocycles. The largest absolute Gasteiger partial charge is 0.479 e. The predicted octanol–water partition coefficient (Wildman–Crippen LogP) is 4.48. The fourth-order valence-electron chi connectivity index (χ4n) is 3.06. The number of aromatic nitrogens is 2. The van der Waals surface area contributed by atoms with Crippen molar-refractivity contribution >= 4 is 11.9 Å². The number of ether oxygens (including phenoxy) is 3. The molecular weight excluding hydrogens is 396 g/mol.